The van der Waals surface area contributed by atoms with Gasteiger partial charge in [-0.1, -0.05) is 0 Å². The maximum Gasteiger partial charge on any atom is 0.266 e. The molecule has 1 aromatic heterocycles. The molecule has 7 heteroatoms. The predicted octanol–water partition coefficient (Wildman–Crippen LogP) is 2.43. The van der Waals surface area contributed by atoms with Gasteiger partial charge < -0.3 is 10.2 Å². The molecule has 0 bridgehead atoms. The van der Waals surface area contributed by atoms with Crippen LogP contribution in [0.15, 0.2) is 0 Å². The lowest BCUT2D eigenvalue weighted by atomic mass is 10.1. The van der Waals surface area contributed by atoms with E-state index in [4.69, 9.17) is 0 Å². The van der Waals surface area contributed by atoms with Crippen LogP contribution in [-0.4, -0.2) is 41.0 Å². The van der Waals surface area contributed by atoms with E-state index in [2.05, 4.69) is 24.1 Å². The van der Waals surface area contributed by atoms with Gasteiger partial charge in [0.2, 0.25) is 0 Å². The Morgan fingerprint density at radius 3 is 2.53 bits per heavy atom. The number of hydrogen-bond acceptors (Lipinski definition) is 4. The van der Waals surface area contributed by atoms with Crippen LogP contribution in [0.25, 0.3) is 0 Å². The standard InChI is InChI=1S/C12H19N3OS.2ClH/c1-7-6-15(8(2)5-13-7)12(16)11-9(3)14-10(4)17-11;;/h7-8,13H,5-6H2,1-4H3;2*1H. The average molecular weight is 326 g/mol. The number of rotatable bonds is 1. The zero-order valence-corrected chi connectivity index (χ0v) is 14.0. The van der Waals surface area contributed by atoms with Gasteiger partial charge in [0, 0.05) is 25.2 Å². The fraction of sp³-hybridized carbons (Fsp3) is 0.667. The van der Waals surface area contributed by atoms with Crippen molar-refractivity contribution in [1.29, 1.82) is 0 Å². The van der Waals surface area contributed by atoms with Crippen LogP contribution in [0.4, 0.5) is 0 Å². The number of nitrogens with one attached hydrogen (secondary N) is 1. The van der Waals surface area contributed by atoms with E-state index in [1.165, 1.54) is 11.3 Å². The summed E-state index contributed by atoms with van der Waals surface area (Å²) in [6, 6.07) is 0.616. The fourth-order valence-corrected chi connectivity index (χ4v) is 3.04. The van der Waals surface area contributed by atoms with E-state index in [1.807, 2.05) is 18.7 Å². The summed E-state index contributed by atoms with van der Waals surface area (Å²) in [6.07, 6.45) is 0. The van der Waals surface area contributed by atoms with E-state index in [-0.39, 0.29) is 36.8 Å². The minimum absolute atomic E-state index is 0. The molecule has 1 fully saturated rings. The van der Waals surface area contributed by atoms with E-state index in [9.17, 15) is 4.79 Å². The van der Waals surface area contributed by atoms with Crippen molar-refractivity contribution in [2.45, 2.75) is 39.8 Å². The van der Waals surface area contributed by atoms with Crippen LogP contribution in [0.3, 0.4) is 0 Å². The Morgan fingerprint density at radius 2 is 2.00 bits per heavy atom. The Labute approximate surface area is 130 Å². The molecule has 2 atom stereocenters. The molecule has 0 saturated carbocycles. The number of piperazine rings is 1. The van der Waals surface area contributed by atoms with Gasteiger partial charge in [-0.3, -0.25) is 4.79 Å². The lowest BCUT2D eigenvalue weighted by Crippen LogP contribution is -2.56. The largest absolute Gasteiger partial charge is 0.332 e. The topological polar surface area (TPSA) is 45.2 Å². The second-order valence-corrected chi connectivity index (χ2v) is 5.97. The number of thiazole rings is 1. The predicted molar refractivity (Wildman–Crippen MR) is 84.0 cm³/mol. The molecule has 0 spiro atoms. The van der Waals surface area contributed by atoms with Crippen LogP contribution in [0.1, 0.15) is 34.2 Å². The number of halogens is 2. The normalized spacial score (nSPS) is 22.4. The molecule has 0 radical (unpaired) electrons. The number of aryl methyl sites for hydroxylation is 2. The second-order valence-electron chi connectivity index (χ2n) is 4.76. The molecule has 1 aromatic rings. The Morgan fingerprint density at radius 1 is 1.37 bits per heavy atom. The first-order valence-corrected chi connectivity index (χ1v) is 6.79. The van der Waals surface area contributed by atoms with Crippen LogP contribution < -0.4 is 5.32 Å². The van der Waals surface area contributed by atoms with Crippen LogP contribution in [0, 0.1) is 13.8 Å². The molecule has 4 nitrogen and oxygen atoms in total. The minimum Gasteiger partial charge on any atom is -0.332 e. The van der Waals surface area contributed by atoms with Gasteiger partial charge in [-0.15, -0.1) is 36.2 Å². The molecule has 0 aromatic carbocycles. The lowest BCUT2D eigenvalue weighted by Gasteiger charge is -2.37. The molecule has 110 valence electrons. The van der Waals surface area contributed by atoms with Gasteiger partial charge in [0.25, 0.3) is 5.91 Å². The van der Waals surface area contributed by atoms with Gasteiger partial charge >= 0.3 is 0 Å². The molecule has 1 N–H and O–H groups in total. The highest BCUT2D eigenvalue weighted by atomic mass is 35.5. The molecule has 2 heterocycles. The first kappa shape index (κ1) is 18.6. The van der Waals surface area contributed by atoms with Gasteiger partial charge in [-0.2, -0.15) is 0 Å². The van der Waals surface area contributed by atoms with Crippen molar-refractivity contribution in [2.75, 3.05) is 13.1 Å². The van der Waals surface area contributed by atoms with Crippen LogP contribution in [-0.2, 0) is 0 Å². The molecule has 1 amide bonds. The van der Waals surface area contributed by atoms with Crippen LogP contribution in [0.5, 0.6) is 0 Å². The van der Waals surface area contributed by atoms with E-state index >= 15 is 0 Å². The van der Waals surface area contributed by atoms with Crippen molar-refractivity contribution >= 4 is 42.1 Å². The summed E-state index contributed by atoms with van der Waals surface area (Å²) in [5, 5.41) is 4.34. The van der Waals surface area contributed by atoms with Gasteiger partial charge in [-0.25, -0.2) is 4.98 Å². The van der Waals surface area contributed by atoms with Crippen molar-refractivity contribution in [3.8, 4) is 0 Å². The number of hydrogen-bond donors (Lipinski definition) is 1. The summed E-state index contributed by atoms with van der Waals surface area (Å²) in [5.74, 6) is 0.133. The van der Waals surface area contributed by atoms with E-state index in [0.717, 1.165) is 28.7 Å². The zero-order valence-electron chi connectivity index (χ0n) is 11.6. The second kappa shape index (κ2) is 7.43. The molecule has 1 saturated heterocycles. The first-order valence-electron chi connectivity index (χ1n) is 5.97. The van der Waals surface area contributed by atoms with E-state index in [1.54, 1.807) is 0 Å². The summed E-state index contributed by atoms with van der Waals surface area (Å²) in [5.41, 5.74) is 0.857. The molecule has 2 rings (SSSR count). The Balaban J connectivity index is 0.00000162. The maximum atomic E-state index is 12.5. The van der Waals surface area contributed by atoms with Crippen molar-refractivity contribution in [1.82, 2.24) is 15.2 Å². The van der Waals surface area contributed by atoms with Crippen molar-refractivity contribution < 1.29 is 4.79 Å². The SMILES string of the molecule is Cc1nc(C)c(C(=O)N2CC(C)NCC2C)s1.Cl.Cl. The zero-order chi connectivity index (χ0) is 12.6. The number of carbonyl (C=O) groups excluding carboxylic acids is 1. The van der Waals surface area contributed by atoms with Crippen molar-refractivity contribution in [3.05, 3.63) is 15.6 Å². The number of aromatic nitrogens is 1. The van der Waals surface area contributed by atoms with Crippen LogP contribution in [0.2, 0.25) is 0 Å². The molecule has 1 aliphatic heterocycles. The fourth-order valence-electron chi connectivity index (χ4n) is 2.16. The highest BCUT2D eigenvalue weighted by molar-refractivity contribution is 7.13. The lowest BCUT2D eigenvalue weighted by molar-refractivity contribution is 0.0620. The summed E-state index contributed by atoms with van der Waals surface area (Å²) < 4.78 is 0. The average Bonchev–Trinajstić information content (AvgIpc) is 2.60. The molecule has 0 aliphatic carbocycles. The Bertz CT molecular complexity index is 439. The van der Waals surface area contributed by atoms with Gasteiger partial charge in [0.05, 0.1) is 10.7 Å². The molecular weight excluding hydrogens is 305 g/mol. The summed E-state index contributed by atoms with van der Waals surface area (Å²) in [4.78, 5) is 19.5. The third-order valence-electron chi connectivity index (χ3n) is 3.12. The molecule has 2 unspecified atom stereocenters. The van der Waals surface area contributed by atoms with Crippen molar-refractivity contribution in [3.63, 3.8) is 0 Å². The summed E-state index contributed by atoms with van der Waals surface area (Å²) in [6.45, 7) is 9.68. The third kappa shape index (κ3) is 4.05. The Kier molecular flexibility index (Phi) is 7.29. The minimum atomic E-state index is 0. The third-order valence-corrected chi connectivity index (χ3v) is 4.18. The monoisotopic (exact) mass is 325 g/mol. The highest BCUT2D eigenvalue weighted by Crippen LogP contribution is 2.21. The molecule has 1 aliphatic rings. The van der Waals surface area contributed by atoms with Gasteiger partial charge in [-0.05, 0) is 27.7 Å². The quantitative estimate of drug-likeness (QED) is 0.862. The molecular formula is C12H21Cl2N3OS. The van der Waals surface area contributed by atoms with Crippen molar-refractivity contribution in [2.24, 2.45) is 0 Å². The summed E-state index contributed by atoms with van der Waals surface area (Å²) >= 11 is 1.50. The van der Waals surface area contributed by atoms with Gasteiger partial charge in [0.15, 0.2) is 0 Å². The maximum absolute atomic E-state index is 12.5. The summed E-state index contributed by atoms with van der Waals surface area (Å²) in [7, 11) is 0. The Hall–Kier alpha value is -0.360. The number of amides is 1. The number of nitrogens with zero attached hydrogens (tertiary/aromatic N) is 2. The van der Waals surface area contributed by atoms with E-state index < -0.39 is 0 Å². The molecule has 19 heavy (non-hydrogen) atoms. The first-order chi connectivity index (χ1) is 7.99. The van der Waals surface area contributed by atoms with Gasteiger partial charge in [0.1, 0.15) is 4.88 Å². The van der Waals surface area contributed by atoms with Crippen LogP contribution >= 0.6 is 36.2 Å². The smallest absolute Gasteiger partial charge is 0.266 e. The highest BCUT2D eigenvalue weighted by Gasteiger charge is 2.29. The number of carbonyl (C=O) groups is 1. The van der Waals surface area contributed by atoms with E-state index in [0.29, 0.717) is 6.04 Å².